The zero-order valence-electron chi connectivity index (χ0n) is 12.5. The number of piperidine rings is 1. The summed E-state index contributed by atoms with van der Waals surface area (Å²) in [6.07, 6.45) is 7.94. The summed E-state index contributed by atoms with van der Waals surface area (Å²) in [7, 11) is 0. The van der Waals surface area contributed by atoms with Crippen LogP contribution in [0.3, 0.4) is 0 Å². The first-order valence-electron chi connectivity index (χ1n) is 7.23. The van der Waals surface area contributed by atoms with Gasteiger partial charge in [0.05, 0.1) is 0 Å². The van der Waals surface area contributed by atoms with Crippen LogP contribution in [0.5, 0.6) is 0 Å². The Bertz CT molecular complexity index is 395. The van der Waals surface area contributed by atoms with Gasteiger partial charge >= 0.3 is 0 Å². The number of carbonyl (C=O) groups is 1. The Morgan fingerprint density at radius 1 is 1.29 bits per heavy atom. The molecule has 120 valence electrons. The molecule has 0 aromatic carbocycles. The SMILES string of the molecule is CCCCN1CCC(NC(=O)c2ccncc2)CC1.Cl.Cl. The van der Waals surface area contributed by atoms with Gasteiger partial charge in [-0.15, -0.1) is 24.8 Å². The van der Waals surface area contributed by atoms with E-state index >= 15 is 0 Å². The summed E-state index contributed by atoms with van der Waals surface area (Å²) in [6.45, 7) is 5.62. The van der Waals surface area contributed by atoms with E-state index in [2.05, 4.69) is 22.1 Å². The molecule has 0 unspecified atom stereocenters. The molecular weight excluding hydrogens is 309 g/mol. The van der Waals surface area contributed by atoms with Crippen molar-refractivity contribution in [2.75, 3.05) is 19.6 Å². The molecule has 0 saturated carbocycles. The Kier molecular flexibility index (Phi) is 10.4. The number of amides is 1. The van der Waals surface area contributed by atoms with Crippen molar-refractivity contribution in [3.63, 3.8) is 0 Å². The fraction of sp³-hybridized carbons (Fsp3) is 0.600. The highest BCUT2D eigenvalue weighted by molar-refractivity contribution is 5.94. The number of nitrogens with zero attached hydrogens (tertiary/aromatic N) is 2. The van der Waals surface area contributed by atoms with Crippen molar-refractivity contribution in [3.05, 3.63) is 30.1 Å². The lowest BCUT2D eigenvalue weighted by Gasteiger charge is -2.32. The molecule has 4 nitrogen and oxygen atoms in total. The summed E-state index contributed by atoms with van der Waals surface area (Å²) in [5.74, 6) is 0.0226. The molecule has 1 aliphatic rings. The minimum atomic E-state index is 0. The van der Waals surface area contributed by atoms with Crippen LogP contribution in [-0.4, -0.2) is 41.5 Å². The molecule has 1 aliphatic heterocycles. The van der Waals surface area contributed by atoms with Crippen LogP contribution in [0.2, 0.25) is 0 Å². The second kappa shape index (κ2) is 10.8. The van der Waals surface area contributed by atoms with Crippen molar-refractivity contribution >= 4 is 30.7 Å². The number of halogens is 2. The predicted octanol–water partition coefficient (Wildman–Crippen LogP) is 2.92. The average Bonchev–Trinajstić information content (AvgIpc) is 2.47. The van der Waals surface area contributed by atoms with Gasteiger partial charge in [0.1, 0.15) is 0 Å². The van der Waals surface area contributed by atoms with Crippen molar-refractivity contribution in [1.82, 2.24) is 15.2 Å². The van der Waals surface area contributed by atoms with E-state index in [0.717, 1.165) is 25.9 Å². The maximum Gasteiger partial charge on any atom is 0.251 e. The Balaban J connectivity index is 0.00000200. The van der Waals surface area contributed by atoms with Gasteiger partial charge in [0.2, 0.25) is 0 Å². The Morgan fingerprint density at radius 2 is 1.90 bits per heavy atom. The van der Waals surface area contributed by atoms with Gasteiger partial charge in [0.25, 0.3) is 5.91 Å². The number of hydrogen-bond acceptors (Lipinski definition) is 3. The summed E-state index contributed by atoms with van der Waals surface area (Å²) < 4.78 is 0. The van der Waals surface area contributed by atoms with E-state index in [1.165, 1.54) is 19.4 Å². The first-order chi connectivity index (χ1) is 9.29. The maximum atomic E-state index is 12.0. The van der Waals surface area contributed by atoms with Crippen molar-refractivity contribution < 1.29 is 4.79 Å². The highest BCUT2D eigenvalue weighted by Gasteiger charge is 2.20. The molecule has 1 aromatic heterocycles. The molecule has 0 spiro atoms. The summed E-state index contributed by atoms with van der Waals surface area (Å²) in [6, 6.07) is 3.83. The van der Waals surface area contributed by atoms with E-state index in [0.29, 0.717) is 11.6 Å². The van der Waals surface area contributed by atoms with E-state index in [-0.39, 0.29) is 30.7 Å². The number of rotatable bonds is 5. The fourth-order valence-corrected chi connectivity index (χ4v) is 2.45. The molecule has 21 heavy (non-hydrogen) atoms. The molecule has 1 saturated heterocycles. The quantitative estimate of drug-likeness (QED) is 0.901. The first kappa shape index (κ1) is 20.2. The van der Waals surface area contributed by atoms with Crippen LogP contribution in [0.15, 0.2) is 24.5 Å². The van der Waals surface area contributed by atoms with Gasteiger partial charge in [0.15, 0.2) is 0 Å². The minimum absolute atomic E-state index is 0. The van der Waals surface area contributed by atoms with E-state index in [1.54, 1.807) is 24.5 Å². The molecule has 0 atom stereocenters. The highest BCUT2D eigenvalue weighted by Crippen LogP contribution is 2.11. The van der Waals surface area contributed by atoms with Gasteiger partial charge in [-0.05, 0) is 37.9 Å². The number of unbranched alkanes of at least 4 members (excludes halogenated alkanes) is 1. The van der Waals surface area contributed by atoms with Crippen molar-refractivity contribution in [1.29, 1.82) is 0 Å². The summed E-state index contributed by atoms with van der Waals surface area (Å²) in [4.78, 5) is 18.4. The number of aromatic nitrogens is 1. The van der Waals surface area contributed by atoms with Crippen molar-refractivity contribution in [3.8, 4) is 0 Å². The number of nitrogens with one attached hydrogen (secondary N) is 1. The third-order valence-corrected chi connectivity index (χ3v) is 3.69. The predicted molar refractivity (Wildman–Crippen MR) is 90.6 cm³/mol. The molecule has 1 N–H and O–H groups in total. The van der Waals surface area contributed by atoms with Crippen LogP contribution in [0.1, 0.15) is 43.0 Å². The number of pyridine rings is 1. The lowest BCUT2D eigenvalue weighted by Crippen LogP contribution is -2.44. The van der Waals surface area contributed by atoms with Crippen LogP contribution in [0, 0.1) is 0 Å². The summed E-state index contributed by atoms with van der Waals surface area (Å²) >= 11 is 0. The van der Waals surface area contributed by atoms with Gasteiger partial charge in [0, 0.05) is 37.1 Å². The molecule has 6 heteroatoms. The molecule has 0 radical (unpaired) electrons. The molecule has 1 aromatic rings. The Morgan fingerprint density at radius 3 is 2.48 bits per heavy atom. The highest BCUT2D eigenvalue weighted by atomic mass is 35.5. The summed E-state index contributed by atoms with van der Waals surface area (Å²) in [5.41, 5.74) is 0.698. The second-order valence-electron chi connectivity index (χ2n) is 5.18. The number of carbonyl (C=O) groups excluding carboxylic acids is 1. The molecule has 0 aliphatic carbocycles. The van der Waals surface area contributed by atoms with Crippen molar-refractivity contribution in [2.24, 2.45) is 0 Å². The van der Waals surface area contributed by atoms with E-state index < -0.39 is 0 Å². The third kappa shape index (κ3) is 6.64. The van der Waals surface area contributed by atoms with Crippen LogP contribution in [0.25, 0.3) is 0 Å². The second-order valence-corrected chi connectivity index (χ2v) is 5.18. The normalized spacial score (nSPS) is 15.7. The van der Waals surface area contributed by atoms with E-state index in [4.69, 9.17) is 0 Å². The molecular formula is C15H25Cl2N3O. The van der Waals surface area contributed by atoms with Gasteiger partial charge in [-0.2, -0.15) is 0 Å². The number of likely N-dealkylation sites (tertiary alicyclic amines) is 1. The largest absolute Gasteiger partial charge is 0.349 e. The van der Waals surface area contributed by atoms with Gasteiger partial charge in [-0.25, -0.2) is 0 Å². The monoisotopic (exact) mass is 333 g/mol. The lowest BCUT2D eigenvalue weighted by molar-refractivity contribution is 0.0910. The van der Waals surface area contributed by atoms with Gasteiger partial charge in [-0.1, -0.05) is 13.3 Å². The van der Waals surface area contributed by atoms with Gasteiger partial charge in [-0.3, -0.25) is 9.78 Å². The molecule has 2 heterocycles. The zero-order chi connectivity index (χ0) is 13.5. The lowest BCUT2D eigenvalue weighted by atomic mass is 10.0. The van der Waals surface area contributed by atoms with Crippen LogP contribution in [-0.2, 0) is 0 Å². The van der Waals surface area contributed by atoms with Crippen LogP contribution in [0.4, 0.5) is 0 Å². The molecule has 1 amide bonds. The third-order valence-electron chi connectivity index (χ3n) is 3.69. The topological polar surface area (TPSA) is 45.2 Å². The number of hydrogen-bond donors (Lipinski definition) is 1. The first-order valence-corrected chi connectivity index (χ1v) is 7.23. The minimum Gasteiger partial charge on any atom is -0.349 e. The Labute approximate surface area is 139 Å². The average molecular weight is 334 g/mol. The molecule has 2 rings (SSSR count). The van der Waals surface area contributed by atoms with Crippen molar-refractivity contribution in [2.45, 2.75) is 38.6 Å². The van der Waals surface area contributed by atoms with E-state index in [9.17, 15) is 4.79 Å². The summed E-state index contributed by atoms with van der Waals surface area (Å²) in [5, 5.41) is 3.12. The fourth-order valence-electron chi connectivity index (χ4n) is 2.45. The van der Waals surface area contributed by atoms with Gasteiger partial charge < -0.3 is 10.2 Å². The molecule has 0 bridgehead atoms. The van der Waals surface area contributed by atoms with Crippen LogP contribution >= 0.6 is 24.8 Å². The van der Waals surface area contributed by atoms with Crippen LogP contribution < -0.4 is 5.32 Å². The Hall–Kier alpha value is -0.840. The van der Waals surface area contributed by atoms with E-state index in [1.807, 2.05) is 0 Å². The molecule has 1 fully saturated rings. The zero-order valence-corrected chi connectivity index (χ0v) is 14.1. The smallest absolute Gasteiger partial charge is 0.251 e. The standard InChI is InChI=1S/C15H23N3O.2ClH/c1-2-3-10-18-11-6-14(7-12-18)17-15(19)13-4-8-16-9-5-13;;/h4-5,8-9,14H,2-3,6-7,10-12H2,1H3,(H,17,19);2*1H. The maximum absolute atomic E-state index is 12.0.